The molecule has 1 aromatic carbocycles. The highest BCUT2D eigenvalue weighted by atomic mass is 14.2. The summed E-state index contributed by atoms with van der Waals surface area (Å²) in [4.78, 5) is 0. The summed E-state index contributed by atoms with van der Waals surface area (Å²) < 4.78 is 0. The van der Waals surface area contributed by atoms with Crippen LogP contribution in [0.1, 0.15) is 81.4 Å². The molecular weight excluding hydrogens is 216 g/mol. The van der Waals surface area contributed by atoms with Crippen LogP contribution < -0.4 is 0 Å². The Balaban J connectivity index is 2.55. The highest BCUT2D eigenvalue weighted by Gasteiger charge is 2.13. The molecule has 0 N–H and O–H groups in total. The van der Waals surface area contributed by atoms with Crippen LogP contribution in [-0.4, -0.2) is 0 Å². The summed E-state index contributed by atoms with van der Waals surface area (Å²) in [5.41, 5.74) is 4.58. The molecule has 0 bridgehead atoms. The van der Waals surface area contributed by atoms with Gasteiger partial charge in [0.1, 0.15) is 0 Å². The van der Waals surface area contributed by atoms with Crippen LogP contribution in [0.15, 0.2) is 18.2 Å². The van der Waals surface area contributed by atoms with Crippen LogP contribution in [0.2, 0.25) is 0 Å². The van der Waals surface area contributed by atoms with Crippen molar-refractivity contribution in [2.45, 2.75) is 78.6 Å². The molecule has 0 saturated carbocycles. The van der Waals surface area contributed by atoms with Crippen molar-refractivity contribution in [3.05, 3.63) is 34.9 Å². The van der Waals surface area contributed by atoms with Crippen molar-refractivity contribution < 1.29 is 0 Å². The van der Waals surface area contributed by atoms with E-state index in [1.54, 1.807) is 5.56 Å². The highest BCUT2D eigenvalue weighted by Crippen LogP contribution is 2.30. The van der Waals surface area contributed by atoms with Gasteiger partial charge in [0.25, 0.3) is 0 Å². The summed E-state index contributed by atoms with van der Waals surface area (Å²) in [6.45, 7) is 9.15. The monoisotopic (exact) mass is 246 g/mol. The number of unbranched alkanes of at least 4 members (excludes halogenated alkanes) is 4. The molecule has 0 aliphatic rings. The summed E-state index contributed by atoms with van der Waals surface area (Å²) in [7, 11) is 0. The Kier molecular flexibility index (Phi) is 7.08. The lowest BCUT2D eigenvalue weighted by molar-refractivity contribution is 0.532. The first-order valence-corrected chi connectivity index (χ1v) is 7.76. The second-order valence-electron chi connectivity index (χ2n) is 5.61. The van der Waals surface area contributed by atoms with Gasteiger partial charge in [-0.05, 0) is 49.3 Å². The Bertz CT molecular complexity index is 318. The second-order valence-corrected chi connectivity index (χ2v) is 5.61. The summed E-state index contributed by atoms with van der Waals surface area (Å²) in [6, 6.07) is 6.71. The van der Waals surface area contributed by atoms with E-state index in [9.17, 15) is 0 Å². The van der Waals surface area contributed by atoms with Gasteiger partial charge in [0.05, 0.1) is 0 Å². The molecule has 102 valence electrons. The van der Waals surface area contributed by atoms with Gasteiger partial charge < -0.3 is 0 Å². The molecular formula is C18H30. The number of aryl methyl sites for hydroxylation is 2. The molecule has 0 heteroatoms. The van der Waals surface area contributed by atoms with E-state index >= 15 is 0 Å². The minimum atomic E-state index is 0.771. The summed E-state index contributed by atoms with van der Waals surface area (Å²) in [5.74, 6) is 0.771. The van der Waals surface area contributed by atoms with Gasteiger partial charge in [-0.1, -0.05) is 64.2 Å². The van der Waals surface area contributed by atoms with E-state index in [-0.39, 0.29) is 0 Å². The topological polar surface area (TPSA) is 0 Å². The maximum Gasteiger partial charge on any atom is -0.0159 e. The Morgan fingerprint density at radius 2 is 1.50 bits per heavy atom. The number of hydrogen-bond acceptors (Lipinski definition) is 0. The van der Waals surface area contributed by atoms with Crippen LogP contribution >= 0.6 is 0 Å². The molecule has 1 unspecified atom stereocenters. The zero-order chi connectivity index (χ0) is 13.4. The average Bonchev–Trinajstić information content (AvgIpc) is 2.36. The molecule has 0 amide bonds. The van der Waals surface area contributed by atoms with Gasteiger partial charge in [-0.25, -0.2) is 0 Å². The van der Waals surface area contributed by atoms with E-state index < -0.39 is 0 Å². The molecule has 0 aromatic heterocycles. The summed E-state index contributed by atoms with van der Waals surface area (Å²) in [6.07, 6.45) is 9.61. The van der Waals surface area contributed by atoms with Crippen molar-refractivity contribution in [3.8, 4) is 0 Å². The average molecular weight is 246 g/mol. The maximum atomic E-state index is 2.34. The van der Waals surface area contributed by atoms with Crippen molar-refractivity contribution in [2.75, 3.05) is 0 Å². The van der Waals surface area contributed by atoms with Crippen LogP contribution in [0, 0.1) is 13.8 Å². The molecule has 0 radical (unpaired) electrons. The standard InChI is InChI=1S/C18H30/c1-5-7-8-9-10-14-17(6-2)18-15(3)12-11-13-16(18)4/h11-13,17H,5-10,14H2,1-4H3. The molecule has 0 nitrogen and oxygen atoms in total. The van der Waals surface area contributed by atoms with E-state index in [2.05, 4.69) is 45.9 Å². The molecule has 1 aromatic rings. The number of hydrogen-bond donors (Lipinski definition) is 0. The lowest BCUT2D eigenvalue weighted by Gasteiger charge is -2.20. The number of rotatable bonds is 8. The van der Waals surface area contributed by atoms with Gasteiger partial charge in [-0.15, -0.1) is 0 Å². The highest BCUT2D eigenvalue weighted by molar-refractivity contribution is 5.36. The Morgan fingerprint density at radius 3 is 2.06 bits per heavy atom. The third-order valence-electron chi connectivity index (χ3n) is 4.10. The molecule has 18 heavy (non-hydrogen) atoms. The Labute approximate surface area is 114 Å². The van der Waals surface area contributed by atoms with Crippen molar-refractivity contribution in [1.82, 2.24) is 0 Å². The van der Waals surface area contributed by atoms with Gasteiger partial charge in [0.15, 0.2) is 0 Å². The Hall–Kier alpha value is -0.780. The molecule has 1 atom stereocenters. The van der Waals surface area contributed by atoms with E-state index in [4.69, 9.17) is 0 Å². The van der Waals surface area contributed by atoms with Gasteiger partial charge >= 0.3 is 0 Å². The predicted octanol–water partition coefficient (Wildman–Crippen LogP) is 6.16. The SMILES string of the molecule is CCCCCCCC(CC)c1c(C)cccc1C. The van der Waals surface area contributed by atoms with Crippen molar-refractivity contribution >= 4 is 0 Å². The largest absolute Gasteiger partial charge is 0.0654 e. The Morgan fingerprint density at radius 1 is 0.889 bits per heavy atom. The minimum absolute atomic E-state index is 0.771. The zero-order valence-electron chi connectivity index (χ0n) is 12.8. The molecule has 0 aliphatic heterocycles. The third kappa shape index (κ3) is 4.48. The lowest BCUT2D eigenvalue weighted by atomic mass is 9.85. The van der Waals surface area contributed by atoms with Crippen LogP contribution in [-0.2, 0) is 0 Å². The van der Waals surface area contributed by atoms with Crippen LogP contribution in [0.5, 0.6) is 0 Å². The first kappa shape index (κ1) is 15.3. The van der Waals surface area contributed by atoms with Crippen molar-refractivity contribution in [1.29, 1.82) is 0 Å². The van der Waals surface area contributed by atoms with E-state index in [1.807, 2.05) is 0 Å². The molecule has 0 spiro atoms. The van der Waals surface area contributed by atoms with Crippen LogP contribution in [0.3, 0.4) is 0 Å². The quantitative estimate of drug-likeness (QED) is 0.482. The maximum absolute atomic E-state index is 2.34. The van der Waals surface area contributed by atoms with Gasteiger partial charge in [0, 0.05) is 0 Å². The summed E-state index contributed by atoms with van der Waals surface area (Å²) in [5, 5.41) is 0. The molecule has 0 aliphatic carbocycles. The fraction of sp³-hybridized carbons (Fsp3) is 0.667. The van der Waals surface area contributed by atoms with E-state index in [0.717, 1.165) is 5.92 Å². The number of benzene rings is 1. The molecule has 0 saturated heterocycles. The van der Waals surface area contributed by atoms with Gasteiger partial charge in [-0.2, -0.15) is 0 Å². The van der Waals surface area contributed by atoms with Crippen LogP contribution in [0.25, 0.3) is 0 Å². The van der Waals surface area contributed by atoms with Gasteiger partial charge in [-0.3, -0.25) is 0 Å². The second kappa shape index (κ2) is 8.34. The summed E-state index contributed by atoms with van der Waals surface area (Å²) >= 11 is 0. The van der Waals surface area contributed by atoms with Crippen LogP contribution in [0.4, 0.5) is 0 Å². The minimum Gasteiger partial charge on any atom is -0.0654 e. The van der Waals surface area contributed by atoms with E-state index in [0.29, 0.717) is 0 Å². The molecule has 0 fully saturated rings. The van der Waals surface area contributed by atoms with Crippen molar-refractivity contribution in [2.24, 2.45) is 0 Å². The first-order valence-electron chi connectivity index (χ1n) is 7.76. The molecule has 1 rings (SSSR count). The fourth-order valence-electron chi connectivity index (χ4n) is 3.02. The smallest absolute Gasteiger partial charge is 0.0159 e. The first-order chi connectivity index (χ1) is 8.70. The predicted molar refractivity (Wildman–Crippen MR) is 82.3 cm³/mol. The zero-order valence-corrected chi connectivity index (χ0v) is 12.8. The van der Waals surface area contributed by atoms with Gasteiger partial charge in [0.2, 0.25) is 0 Å². The lowest BCUT2D eigenvalue weighted by Crippen LogP contribution is -2.03. The van der Waals surface area contributed by atoms with Crippen molar-refractivity contribution in [3.63, 3.8) is 0 Å². The fourth-order valence-corrected chi connectivity index (χ4v) is 3.02. The third-order valence-corrected chi connectivity index (χ3v) is 4.10. The van der Waals surface area contributed by atoms with E-state index in [1.165, 1.54) is 56.1 Å². The molecule has 0 heterocycles. The normalized spacial score (nSPS) is 12.7.